The molecule has 154 valence electrons. The van der Waals surface area contributed by atoms with Crippen LogP contribution < -0.4 is 14.8 Å². The van der Waals surface area contributed by atoms with Gasteiger partial charge in [-0.15, -0.1) is 0 Å². The zero-order valence-corrected chi connectivity index (χ0v) is 16.7. The van der Waals surface area contributed by atoms with E-state index in [1.165, 1.54) is 0 Å². The van der Waals surface area contributed by atoms with Crippen molar-refractivity contribution >= 4 is 17.6 Å². The summed E-state index contributed by atoms with van der Waals surface area (Å²) in [6.45, 7) is 2.12. The van der Waals surface area contributed by atoms with Crippen LogP contribution in [0.25, 0.3) is 0 Å². The molecular weight excluding hydrogens is 382 g/mol. The number of aryl methyl sites for hydroxylation is 1. The first-order valence-electron chi connectivity index (χ1n) is 9.55. The van der Waals surface area contributed by atoms with Gasteiger partial charge in [0.15, 0.2) is 6.61 Å². The first-order chi connectivity index (χ1) is 14.6. The highest BCUT2D eigenvalue weighted by molar-refractivity contribution is 5.96. The highest BCUT2D eigenvalue weighted by Crippen LogP contribution is 2.19. The van der Waals surface area contributed by atoms with Gasteiger partial charge in [-0.25, -0.2) is 4.79 Å². The van der Waals surface area contributed by atoms with Crippen LogP contribution in [0.5, 0.6) is 11.5 Å². The Labute approximate surface area is 175 Å². The molecule has 0 heterocycles. The molecule has 6 heteroatoms. The molecule has 0 aliphatic heterocycles. The molecule has 1 N–H and O–H groups in total. The SMILES string of the molecule is Cc1cccc(NC(=O)COC(=O)c2ccccc2OCCOc2ccccc2)c1. The number of para-hydroxylation sites is 2. The van der Waals surface area contributed by atoms with Gasteiger partial charge >= 0.3 is 5.97 Å². The van der Waals surface area contributed by atoms with Crippen LogP contribution in [0.4, 0.5) is 5.69 Å². The molecule has 3 aromatic rings. The molecule has 3 rings (SSSR count). The maximum atomic E-state index is 12.4. The van der Waals surface area contributed by atoms with Crippen molar-refractivity contribution in [2.75, 3.05) is 25.1 Å². The van der Waals surface area contributed by atoms with E-state index in [2.05, 4.69) is 5.32 Å². The number of esters is 1. The summed E-state index contributed by atoms with van der Waals surface area (Å²) in [5.74, 6) is 0.0734. The van der Waals surface area contributed by atoms with Gasteiger partial charge in [0.25, 0.3) is 5.91 Å². The average molecular weight is 405 g/mol. The van der Waals surface area contributed by atoms with E-state index < -0.39 is 18.5 Å². The van der Waals surface area contributed by atoms with Crippen LogP contribution >= 0.6 is 0 Å². The summed E-state index contributed by atoms with van der Waals surface area (Å²) in [4.78, 5) is 24.5. The molecular formula is C24H23NO5. The number of hydrogen-bond donors (Lipinski definition) is 1. The molecule has 0 saturated carbocycles. The van der Waals surface area contributed by atoms with Crippen LogP contribution in [0.3, 0.4) is 0 Å². The van der Waals surface area contributed by atoms with E-state index in [4.69, 9.17) is 14.2 Å². The summed E-state index contributed by atoms with van der Waals surface area (Å²) in [7, 11) is 0. The number of nitrogens with one attached hydrogen (secondary N) is 1. The Morgan fingerprint density at radius 3 is 2.37 bits per heavy atom. The molecule has 0 atom stereocenters. The van der Waals surface area contributed by atoms with Gasteiger partial charge in [-0.1, -0.05) is 42.5 Å². The smallest absolute Gasteiger partial charge is 0.342 e. The monoisotopic (exact) mass is 405 g/mol. The Morgan fingerprint density at radius 2 is 1.57 bits per heavy atom. The molecule has 30 heavy (non-hydrogen) atoms. The van der Waals surface area contributed by atoms with Gasteiger partial charge in [0.1, 0.15) is 30.3 Å². The van der Waals surface area contributed by atoms with Crippen LogP contribution in [0.1, 0.15) is 15.9 Å². The van der Waals surface area contributed by atoms with Gasteiger partial charge in [0.05, 0.1) is 0 Å². The van der Waals surface area contributed by atoms with Gasteiger partial charge in [-0.05, 0) is 48.9 Å². The van der Waals surface area contributed by atoms with E-state index in [9.17, 15) is 9.59 Å². The topological polar surface area (TPSA) is 73.9 Å². The largest absolute Gasteiger partial charge is 0.490 e. The lowest BCUT2D eigenvalue weighted by Gasteiger charge is -2.12. The Balaban J connectivity index is 1.49. The lowest BCUT2D eigenvalue weighted by atomic mass is 10.2. The number of benzene rings is 3. The van der Waals surface area contributed by atoms with Crippen LogP contribution in [0.15, 0.2) is 78.9 Å². The summed E-state index contributed by atoms with van der Waals surface area (Å²) >= 11 is 0. The lowest BCUT2D eigenvalue weighted by Crippen LogP contribution is -2.21. The van der Waals surface area contributed by atoms with Crippen molar-refractivity contribution < 1.29 is 23.8 Å². The predicted molar refractivity (Wildman–Crippen MR) is 114 cm³/mol. The Hall–Kier alpha value is -3.80. The summed E-state index contributed by atoms with van der Waals surface area (Å²) in [5.41, 5.74) is 1.92. The molecule has 0 aliphatic rings. The summed E-state index contributed by atoms with van der Waals surface area (Å²) in [6.07, 6.45) is 0. The van der Waals surface area contributed by atoms with Crippen molar-refractivity contribution in [2.24, 2.45) is 0 Å². The Morgan fingerprint density at radius 1 is 0.833 bits per heavy atom. The highest BCUT2D eigenvalue weighted by Gasteiger charge is 2.15. The zero-order chi connectivity index (χ0) is 21.2. The second kappa shape index (κ2) is 10.7. The zero-order valence-electron chi connectivity index (χ0n) is 16.7. The van der Waals surface area contributed by atoms with E-state index in [1.807, 2.05) is 55.5 Å². The Kier molecular flexibility index (Phi) is 7.44. The molecule has 3 aromatic carbocycles. The fourth-order valence-electron chi connectivity index (χ4n) is 2.72. The molecule has 0 aromatic heterocycles. The molecule has 0 unspecified atom stereocenters. The molecule has 0 aliphatic carbocycles. The first-order valence-corrected chi connectivity index (χ1v) is 9.55. The summed E-state index contributed by atoms with van der Waals surface area (Å²) < 4.78 is 16.4. The minimum Gasteiger partial charge on any atom is -0.490 e. The van der Waals surface area contributed by atoms with Crippen LogP contribution in [0.2, 0.25) is 0 Å². The van der Waals surface area contributed by atoms with Gasteiger partial charge in [0, 0.05) is 5.69 Å². The van der Waals surface area contributed by atoms with Gasteiger partial charge in [-0.2, -0.15) is 0 Å². The van der Waals surface area contributed by atoms with E-state index in [0.29, 0.717) is 18.0 Å². The van der Waals surface area contributed by atoms with Crippen LogP contribution in [-0.4, -0.2) is 31.7 Å². The number of rotatable bonds is 9. The van der Waals surface area contributed by atoms with Crippen LogP contribution in [-0.2, 0) is 9.53 Å². The fraction of sp³-hybridized carbons (Fsp3) is 0.167. The second-order valence-corrected chi connectivity index (χ2v) is 6.50. The highest BCUT2D eigenvalue weighted by atomic mass is 16.5. The minimum atomic E-state index is -0.631. The molecule has 0 bridgehead atoms. The van der Waals surface area contributed by atoms with E-state index >= 15 is 0 Å². The summed E-state index contributed by atoms with van der Waals surface area (Å²) in [5, 5.41) is 2.70. The maximum Gasteiger partial charge on any atom is 0.342 e. The average Bonchev–Trinajstić information content (AvgIpc) is 2.76. The fourth-order valence-corrected chi connectivity index (χ4v) is 2.72. The maximum absolute atomic E-state index is 12.4. The predicted octanol–water partition coefficient (Wildman–Crippen LogP) is 4.25. The van der Waals surface area contributed by atoms with Gasteiger partial charge in [-0.3, -0.25) is 4.79 Å². The van der Waals surface area contributed by atoms with Crippen molar-refractivity contribution in [2.45, 2.75) is 6.92 Å². The van der Waals surface area contributed by atoms with Crippen LogP contribution in [0, 0.1) is 6.92 Å². The van der Waals surface area contributed by atoms with Crippen molar-refractivity contribution in [3.8, 4) is 11.5 Å². The number of amides is 1. The van der Waals surface area contributed by atoms with E-state index in [0.717, 1.165) is 11.3 Å². The number of carbonyl (C=O) groups is 2. The molecule has 0 fully saturated rings. The van der Waals surface area contributed by atoms with Crippen molar-refractivity contribution in [3.05, 3.63) is 90.0 Å². The normalized spacial score (nSPS) is 10.2. The third kappa shape index (κ3) is 6.38. The number of anilines is 1. The number of hydrogen-bond acceptors (Lipinski definition) is 5. The van der Waals surface area contributed by atoms with Gasteiger partial charge in [0.2, 0.25) is 0 Å². The standard InChI is InChI=1S/C24H23NO5/c1-18-8-7-9-19(16-18)25-23(26)17-30-24(27)21-12-5-6-13-22(21)29-15-14-28-20-10-3-2-4-11-20/h2-13,16H,14-15,17H2,1H3,(H,25,26). The van der Waals surface area contributed by atoms with Gasteiger partial charge < -0.3 is 19.5 Å². The number of carbonyl (C=O) groups excluding carboxylic acids is 2. The molecule has 6 nitrogen and oxygen atoms in total. The molecule has 1 amide bonds. The third-order valence-electron chi connectivity index (χ3n) is 4.10. The Bertz CT molecular complexity index is 988. The third-order valence-corrected chi connectivity index (χ3v) is 4.10. The van der Waals surface area contributed by atoms with Crippen molar-refractivity contribution in [1.82, 2.24) is 0 Å². The minimum absolute atomic E-state index is 0.251. The van der Waals surface area contributed by atoms with Crippen molar-refractivity contribution in [1.29, 1.82) is 0 Å². The first kappa shape index (κ1) is 20.9. The number of ether oxygens (including phenoxy) is 3. The van der Waals surface area contributed by atoms with E-state index in [1.54, 1.807) is 30.3 Å². The molecule has 0 saturated heterocycles. The second-order valence-electron chi connectivity index (χ2n) is 6.50. The lowest BCUT2D eigenvalue weighted by molar-refractivity contribution is -0.119. The quantitative estimate of drug-likeness (QED) is 0.426. The molecule has 0 spiro atoms. The van der Waals surface area contributed by atoms with E-state index in [-0.39, 0.29) is 12.2 Å². The molecule has 0 radical (unpaired) electrons. The summed E-state index contributed by atoms with van der Waals surface area (Å²) in [6, 6.07) is 23.5. The van der Waals surface area contributed by atoms with Crippen molar-refractivity contribution in [3.63, 3.8) is 0 Å².